The number of hydrogen-bond acceptors (Lipinski definition) is 1. The van der Waals surface area contributed by atoms with Gasteiger partial charge in [-0.25, -0.2) is 4.99 Å². The van der Waals surface area contributed by atoms with Crippen molar-refractivity contribution in [1.29, 1.82) is 0 Å². The second-order valence-electron chi connectivity index (χ2n) is 3.59. The molecule has 0 aliphatic heterocycles. The monoisotopic (exact) mass is 274 g/mol. The summed E-state index contributed by atoms with van der Waals surface area (Å²) in [5.74, 6) is 0.0508. The first-order valence-electron chi connectivity index (χ1n) is 5.16. The van der Waals surface area contributed by atoms with Crippen LogP contribution in [0.2, 0.25) is 0 Å². The molecule has 3 heteroatoms. The van der Waals surface area contributed by atoms with Gasteiger partial charge in [-0.15, -0.1) is 0 Å². The van der Waals surface area contributed by atoms with E-state index in [9.17, 15) is 5.11 Å². The number of para-hydroxylation sites is 1. The van der Waals surface area contributed by atoms with E-state index < -0.39 is 0 Å². The van der Waals surface area contributed by atoms with Crippen LogP contribution in [-0.4, -0.2) is 11.0 Å². The zero-order valence-electron chi connectivity index (χ0n) is 9.39. The van der Waals surface area contributed by atoms with Crippen LogP contribution in [0.1, 0.15) is 11.1 Å². The Kier molecular flexibility index (Phi) is 4.95. The van der Waals surface area contributed by atoms with Crippen LogP contribution in [0.3, 0.4) is 0 Å². The third kappa shape index (κ3) is 3.45. The van der Waals surface area contributed by atoms with Gasteiger partial charge in [0.25, 0.3) is 0 Å². The van der Waals surface area contributed by atoms with Gasteiger partial charge < -0.3 is 5.11 Å². The van der Waals surface area contributed by atoms with Crippen LogP contribution in [0.15, 0.2) is 59.6 Å². The van der Waals surface area contributed by atoms with Gasteiger partial charge in [0, 0.05) is 22.6 Å². The predicted octanol–water partition coefficient (Wildman–Crippen LogP) is 3.63. The Morgan fingerprint density at radius 1 is 0.941 bits per heavy atom. The Balaban J connectivity index is 0.00000144. The topological polar surface area (TPSA) is 32.6 Å². The van der Waals surface area contributed by atoms with E-state index in [0.29, 0.717) is 0 Å². The van der Waals surface area contributed by atoms with E-state index in [1.807, 2.05) is 61.5 Å². The van der Waals surface area contributed by atoms with Gasteiger partial charge in [-0.05, 0) is 30.7 Å². The van der Waals surface area contributed by atoms with E-state index in [2.05, 4.69) is 4.99 Å². The molecule has 0 atom stereocenters. The van der Waals surface area contributed by atoms with Gasteiger partial charge in [-0.1, -0.05) is 36.4 Å². The molecule has 0 heterocycles. The molecule has 2 rings (SSSR count). The zero-order valence-corrected chi connectivity index (χ0v) is 10.3. The van der Waals surface area contributed by atoms with Crippen molar-refractivity contribution in [2.45, 2.75) is 6.92 Å². The summed E-state index contributed by atoms with van der Waals surface area (Å²) in [5.41, 5.74) is 2.57. The molecule has 0 unspecified atom stereocenters. The van der Waals surface area contributed by atoms with E-state index in [-0.39, 0.29) is 23.0 Å². The molecule has 1 N–H and O–H groups in total. The molecule has 91 valence electrons. The summed E-state index contributed by atoms with van der Waals surface area (Å²) in [4.78, 5) is 4.20. The predicted molar refractivity (Wildman–Crippen MR) is 66.4 cm³/mol. The fourth-order valence-electron chi connectivity index (χ4n) is 1.45. The van der Waals surface area contributed by atoms with Crippen molar-refractivity contribution in [2.75, 3.05) is 0 Å². The maximum absolute atomic E-state index is 9.85. The standard InChI is InChI=1S/C14H13NO.Cu/c1-11-7-5-6-10-13(11)15-14(16)12-8-3-2-4-9-12;/h2-10H,1H3,(H,15,16);. The molecule has 2 nitrogen and oxygen atoms in total. The molecule has 2 aromatic rings. The van der Waals surface area contributed by atoms with Gasteiger partial charge in [0.05, 0.1) is 5.69 Å². The molecule has 0 aromatic heterocycles. The van der Waals surface area contributed by atoms with E-state index in [4.69, 9.17) is 0 Å². The smallest absolute Gasteiger partial charge is 0.218 e. The van der Waals surface area contributed by atoms with Crippen molar-refractivity contribution >= 4 is 11.6 Å². The molecule has 1 radical (unpaired) electrons. The molecule has 0 saturated heterocycles. The summed E-state index contributed by atoms with van der Waals surface area (Å²) >= 11 is 0. The molecular weight excluding hydrogens is 262 g/mol. The summed E-state index contributed by atoms with van der Waals surface area (Å²) in [6.45, 7) is 1.97. The van der Waals surface area contributed by atoms with Crippen molar-refractivity contribution in [3.8, 4) is 0 Å². The Morgan fingerprint density at radius 3 is 2.18 bits per heavy atom. The van der Waals surface area contributed by atoms with Crippen molar-refractivity contribution < 1.29 is 22.2 Å². The minimum atomic E-state index is 0. The molecule has 0 bridgehead atoms. The number of nitrogens with zero attached hydrogens (tertiary/aromatic N) is 1. The normalized spacial score (nSPS) is 10.8. The maximum Gasteiger partial charge on any atom is 0.218 e. The molecule has 2 aromatic carbocycles. The zero-order chi connectivity index (χ0) is 11.4. The van der Waals surface area contributed by atoms with Crippen molar-refractivity contribution in [3.05, 3.63) is 65.7 Å². The number of aryl methyl sites for hydroxylation is 1. The number of aliphatic hydroxyl groups excluding tert-OH is 1. The molecular formula is C14H13CuNO. The maximum atomic E-state index is 9.85. The van der Waals surface area contributed by atoms with Crippen LogP contribution in [0.25, 0.3) is 0 Å². The molecule has 0 amide bonds. The quantitative estimate of drug-likeness (QED) is 0.506. The largest absolute Gasteiger partial charge is 0.493 e. The minimum absolute atomic E-state index is 0. The first kappa shape index (κ1) is 13.5. The minimum Gasteiger partial charge on any atom is -0.493 e. The van der Waals surface area contributed by atoms with E-state index in [1.54, 1.807) is 0 Å². The van der Waals surface area contributed by atoms with Gasteiger partial charge in [0.1, 0.15) is 0 Å². The number of benzene rings is 2. The van der Waals surface area contributed by atoms with Crippen LogP contribution in [0.4, 0.5) is 5.69 Å². The third-order valence-corrected chi connectivity index (χ3v) is 2.37. The number of aliphatic hydroxyl groups is 1. The molecule has 0 fully saturated rings. The van der Waals surface area contributed by atoms with Crippen molar-refractivity contribution in [1.82, 2.24) is 0 Å². The third-order valence-electron chi connectivity index (χ3n) is 2.37. The molecule has 0 spiro atoms. The summed E-state index contributed by atoms with van der Waals surface area (Å²) in [5, 5.41) is 9.85. The molecule has 17 heavy (non-hydrogen) atoms. The molecule has 0 aliphatic rings. The Hall–Kier alpha value is -1.57. The number of rotatable bonds is 2. The van der Waals surface area contributed by atoms with E-state index in [0.717, 1.165) is 16.8 Å². The van der Waals surface area contributed by atoms with Crippen LogP contribution in [-0.2, 0) is 17.1 Å². The first-order chi connectivity index (χ1) is 7.77. The van der Waals surface area contributed by atoms with Gasteiger partial charge in [-0.2, -0.15) is 0 Å². The molecule has 0 aliphatic carbocycles. The van der Waals surface area contributed by atoms with Crippen LogP contribution in [0.5, 0.6) is 0 Å². The first-order valence-corrected chi connectivity index (χ1v) is 5.16. The fraction of sp³-hybridized carbons (Fsp3) is 0.0714. The van der Waals surface area contributed by atoms with Gasteiger partial charge in [0.2, 0.25) is 5.90 Å². The summed E-state index contributed by atoms with van der Waals surface area (Å²) in [6, 6.07) is 17.0. The fourth-order valence-corrected chi connectivity index (χ4v) is 1.45. The van der Waals surface area contributed by atoms with Crippen molar-refractivity contribution in [3.63, 3.8) is 0 Å². The van der Waals surface area contributed by atoms with Crippen LogP contribution in [0, 0.1) is 6.92 Å². The Bertz CT molecular complexity index is 509. The van der Waals surface area contributed by atoms with E-state index in [1.165, 1.54) is 0 Å². The molecule has 0 saturated carbocycles. The van der Waals surface area contributed by atoms with Crippen LogP contribution >= 0.6 is 0 Å². The van der Waals surface area contributed by atoms with Gasteiger partial charge in [0.15, 0.2) is 0 Å². The van der Waals surface area contributed by atoms with Gasteiger partial charge >= 0.3 is 0 Å². The average molecular weight is 275 g/mol. The van der Waals surface area contributed by atoms with Crippen LogP contribution < -0.4 is 0 Å². The Morgan fingerprint density at radius 2 is 1.53 bits per heavy atom. The second kappa shape index (κ2) is 6.24. The van der Waals surface area contributed by atoms with E-state index >= 15 is 0 Å². The van der Waals surface area contributed by atoms with Gasteiger partial charge in [-0.3, -0.25) is 0 Å². The summed E-state index contributed by atoms with van der Waals surface area (Å²) < 4.78 is 0. The second-order valence-corrected chi connectivity index (χ2v) is 3.59. The SMILES string of the molecule is Cc1ccccc1N=C(O)c1ccccc1.[Cu]. The summed E-state index contributed by atoms with van der Waals surface area (Å²) in [7, 11) is 0. The van der Waals surface area contributed by atoms with Crippen molar-refractivity contribution in [2.24, 2.45) is 4.99 Å². The summed E-state index contributed by atoms with van der Waals surface area (Å²) in [6.07, 6.45) is 0. The Labute approximate surface area is 112 Å². The number of aliphatic imine (C=N–C) groups is 1. The average Bonchev–Trinajstić information content (AvgIpc) is 2.33. The number of hydrogen-bond donors (Lipinski definition) is 1.